The molecule has 0 fully saturated rings. The molecule has 1 atom stereocenters. The van der Waals surface area contributed by atoms with Crippen LogP contribution in [0.5, 0.6) is 5.75 Å². The maximum Gasteiger partial charge on any atom is 2.00 e. The Kier molecular flexibility index (Phi) is 18.3. The van der Waals surface area contributed by atoms with Crippen LogP contribution in [0.2, 0.25) is 0 Å². The molecule has 19 heavy (non-hydrogen) atoms. The average Bonchev–Trinajstić information content (AvgIpc) is 2.28. The van der Waals surface area contributed by atoms with Gasteiger partial charge in [0.05, 0.1) is 12.0 Å². The van der Waals surface area contributed by atoms with Crippen molar-refractivity contribution in [2.45, 2.75) is 13.0 Å². The van der Waals surface area contributed by atoms with E-state index in [0.717, 1.165) is 0 Å². The molecule has 1 aromatic rings. The van der Waals surface area contributed by atoms with Crippen molar-refractivity contribution in [3.63, 3.8) is 0 Å². The minimum atomic E-state index is -1.26. The van der Waals surface area contributed by atoms with Crippen molar-refractivity contribution in [1.29, 1.82) is 5.26 Å². The maximum atomic E-state index is 11.1. The van der Waals surface area contributed by atoms with Gasteiger partial charge in [0.25, 0.3) is 0 Å². The first-order chi connectivity index (χ1) is 8.02. The molecule has 1 rings (SSSR count). The van der Waals surface area contributed by atoms with Crippen LogP contribution in [0.25, 0.3) is 0 Å². The van der Waals surface area contributed by atoms with Crippen LogP contribution < -0.4 is 61.6 Å². The maximum absolute atomic E-state index is 11.1. The summed E-state index contributed by atoms with van der Waals surface area (Å²) in [6, 6.07) is 5.34. The summed E-state index contributed by atoms with van der Waals surface area (Å²) in [6.07, 6.45) is 1.25. The van der Waals surface area contributed by atoms with Gasteiger partial charge in [-0.3, -0.25) is 4.99 Å². The summed E-state index contributed by atoms with van der Waals surface area (Å²) in [4.78, 5) is 14.0. The van der Waals surface area contributed by atoms with Crippen LogP contribution in [0.1, 0.15) is 12.5 Å². The number of para-hydroxylation sites is 1. The van der Waals surface area contributed by atoms with Gasteiger partial charge in [0.1, 0.15) is 0 Å². The molecular formula is C11H9CuKN2O3S. The van der Waals surface area contributed by atoms with E-state index in [1.807, 2.05) is 0 Å². The fraction of sp³-hybridized carbons (Fsp3) is 0.182. The SMILES string of the molecule is C[C@H](N=Cc1ccccc1[O-])C(=O)[O-].N#C[S-].[Cu+2].[K+]. The van der Waals surface area contributed by atoms with Crippen LogP contribution in [-0.4, -0.2) is 18.2 Å². The first kappa shape index (κ1) is 24.1. The Bertz CT molecular complexity index is 452. The van der Waals surface area contributed by atoms with Crippen LogP contribution in [0.3, 0.4) is 0 Å². The van der Waals surface area contributed by atoms with Gasteiger partial charge in [-0.1, -0.05) is 29.7 Å². The molecular weight excluding hydrogens is 343 g/mol. The van der Waals surface area contributed by atoms with Gasteiger partial charge in [-0.15, -0.1) is 5.75 Å². The minimum absolute atomic E-state index is 0. The molecule has 0 aliphatic heterocycles. The van der Waals surface area contributed by atoms with Crippen molar-refractivity contribution in [2.75, 3.05) is 0 Å². The summed E-state index contributed by atoms with van der Waals surface area (Å²) >= 11 is 3.70. The molecule has 0 bridgehead atoms. The van der Waals surface area contributed by atoms with Crippen LogP contribution in [0.4, 0.5) is 0 Å². The summed E-state index contributed by atoms with van der Waals surface area (Å²) in [5.74, 6) is -1.44. The Balaban J connectivity index is -0.000000468. The van der Waals surface area contributed by atoms with Gasteiger partial charge >= 0.3 is 68.5 Å². The molecule has 0 heterocycles. The molecule has 0 aliphatic carbocycles. The fourth-order valence-electron chi connectivity index (χ4n) is 0.840. The molecule has 0 saturated carbocycles. The molecule has 1 radical (unpaired) electrons. The van der Waals surface area contributed by atoms with E-state index < -0.39 is 12.0 Å². The van der Waals surface area contributed by atoms with E-state index in [-0.39, 0.29) is 74.2 Å². The number of hydrogen-bond acceptors (Lipinski definition) is 6. The zero-order valence-corrected chi connectivity index (χ0v) is 15.2. The Hall–Kier alpha value is 0.0258. The van der Waals surface area contributed by atoms with E-state index in [0.29, 0.717) is 5.56 Å². The molecule has 0 aromatic heterocycles. The second-order valence-corrected chi connectivity index (χ2v) is 3.08. The number of nitriles is 1. The number of thiocyanates is 1. The number of aliphatic imine (C=N–C) groups is 1. The Morgan fingerprint density at radius 3 is 2.42 bits per heavy atom. The zero-order valence-electron chi connectivity index (χ0n) is 10.3. The predicted molar refractivity (Wildman–Crippen MR) is 60.9 cm³/mol. The number of aliphatic carboxylic acids is 1. The Morgan fingerprint density at radius 2 is 2.00 bits per heavy atom. The average molecular weight is 352 g/mol. The van der Waals surface area contributed by atoms with E-state index in [9.17, 15) is 15.0 Å². The third kappa shape index (κ3) is 11.5. The van der Waals surface area contributed by atoms with Gasteiger partial charge in [0.15, 0.2) is 0 Å². The molecule has 1 aromatic carbocycles. The quantitative estimate of drug-likeness (QED) is 0.242. The van der Waals surface area contributed by atoms with Crippen molar-refractivity contribution >= 4 is 24.8 Å². The number of rotatable bonds is 3. The smallest absolute Gasteiger partial charge is 0.872 e. The van der Waals surface area contributed by atoms with E-state index in [1.165, 1.54) is 24.6 Å². The summed E-state index contributed by atoms with van der Waals surface area (Å²) in [6.45, 7) is 1.39. The number of hydrogen-bond donors (Lipinski definition) is 0. The van der Waals surface area contributed by atoms with Gasteiger partial charge < -0.3 is 27.6 Å². The molecule has 8 heteroatoms. The number of carboxylic acid groups (broad SMARTS) is 1. The number of benzene rings is 1. The first-order valence-electron chi connectivity index (χ1n) is 4.54. The number of carboxylic acids is 1. The van der Waals surface area contributed by atoms with Gasteiger partial charge in [-0.25, -0.2) is 5.26 Å². The number of carbonyl (C=O) groups excluding carboxylic acids is 1. The van der Waals surface area contributed by atoms with Crippen LogP contribution in [0.15, 0.2) is 29.3 Å². The summed E-state index contributed by atoms with van der Waals surface area (Å²) in [5, 5.41) is 29.9. The normalized spacial score (nSPS) is 9.89. The van der Waals surface area contributed by atoms with Gasteiger partial charge in [-0.2, -0.15) is 0 Å². The molecule has 99 valence electrons. The van der Waals surface area contributed by atoms with Crippen LogP contribution in [-0.2, 0) is 34.5 Å². The number of nitrogens with zero attached hydrogens (tertiary/aromatic N) is 2. The van der Waals surface area contributed by atoms with E-state index in [1.54, 1.807) is 18.2 Å². The zero-order chi connectivity index (χ0) is 13.3. The van der Waals surface area contributed by atoms with E-state index in [2.05, 4.69) is 17.6 Å². The van der Waals surface area contributed by atoms with Crippen LogP contribution in [0, 0.1) is 10.7 Å². The van der Waals surface area contributed by atoms with E-state index in [4.69, 9.17) is 5.26 Å². The van der Waals surface area contributed by atoms with Crippen molar-refractivity contribution < 1.29 is 83.5 Å². The Labute approximate surface area is 170 Å². The third-order valence-electron chi connectivity index (χ3n) is 1.70. The van der Waals surface area contributed by atoms with Crippen molar-refractivity contribution in [3.8, 4) is 11.2 Å². The summed E-state index contributed by atoms with van der Waals surface area (Å²) in [7, 11) is 0. The minimum Gasteiger partial charge on any atom is -0.872 e. The topological polar surface area (TPSA) is 99.3 Å². The number of carbonyl (C=O) groups is 1. The molecule has 0 unspecified atom stereocenters. The predicted octanol–water partition coefficient (Wildman–Crippen LogP) is -3.67. The van der Waals surface area contributed by atoms with Crippen molar-refractivity contribution in [3.05, 3.63) is 29.8 Å². The Morgan fingerprint density at radius 1 is 1.53 bits per heavy atom. The first-order valence-corrected chi connectivity index (χ1v) is 4.95. The molecule has 0 N–H and O–H groups in total. The summed E-state index contributed by atoms with van der Waals surface area (Å²) in [5.41, 5.74) is 0.376. The largest absolute Gasteiger partial charge is 2.00 e. The molecule has 0 spiro atoms. The molecule has 0 aliphatic rings. The monoisotopic (exact) mass is 351 g/mol. The van der Waals surface area contributed by atoms with Gasteiger partial charge in [0, 0.05) is 6.21 Å². The van der Waals surface area contributed by atoms with Gasteiger partial charge in [-0.05, 0) is 12.5 Å². The fourth-order valence-corrected chi connectivity index (χ4v) is 0.840. The van der Waals surface area contributed by atoms with Crippen molar-refractivity contribution in [2.24, 2.45) is 4.99 Å². The molecule has 0 amide bonds. The third-order valence-corrected chi connectivity index (χ3v) is 1.70. The summed E-state index contributed by atoms with van der Waals surface area (Å²) < 4.78 is 0. The van der Waals surface area contributed by atoms with Crippen LogP contribution >= 0.6 is 0 Å². The second kappa shape index (κ2) is 14.4. The standard InChI is InChI=1S/C10H11NO3.CHNS.Cu.K/c1-7(10(13)14)11-6-8-4-2-3-5-9(8)12;2-1-3;;/h2-7,12H,1H3,(H,13,14);3H;;/q;;+2;+1/p-3/t7-;;;/m0.../s1. The second-order valence-electron chi connectivity index (χ2n) is 2.90. The van der Waals surface area contributed by atoms with Crippen molar-refractivity contribution in [1.82, 2.24) is 0 Å². The molecule has 0 saturated heterocycles. The van der Waals surface area contributed by atoms with Gasteiger partial charge in [0.2, 0.25) is 0 Å². The van der Waals surface area contributed by atoms with E-state index >= 15 is 0 Å². The molecule has 5 nitrogen and oxygen atoms in total.